The van der Waals surface area contributed by atoms with E-state index in [0.29, 0.717) is 48.9 Å². The number of hydrogen-bond donors (Lipinski definition) is 8. The fourth-order valence-corrected chi connectivity index (χ4v) is 21.0. The average molecular weight is 1670 g/mol. The summed E-state index contributed by atoms with van der Waals surface area (Å²) in [6.07, 6.45) is 9.35. The molecule has 8 aliphatic heterocycles. The number of nitrogens with one attached hydrogen (secondary N) is 8. The molecule has 0 bridgehead atoms. The molecule has 8 heterocycles. The van der Waals surface area contributed by atoms with Crippen LogP contribution in [0.4, 0.5) is 101 Å². The Morgan fingerprint density at radius 1 is 0.376 bits per heavy atom. The Morgan fingerprint density at radius 3 is 0.782 bits per heavy atom. The van der Waals surface area contributed by atoms with Crippen molar-refractivity contribution in [2.75, 3.05) is 99.2 Å². The molecule has 101 heavy (non-hydrogen) atoms. The van der Waals surface area contributed by atoms with Gasteiger partial charge < -0.3 is 4.43 Å². The number of hydrogen-bond acceptors (Lipinski definition) is 14. The Labute approximate surface area is 586 Å². The van der Waals surface area contributed by atoms with E-state index in [1.165, 1.54) is 84.5 Å². The zero-order valence-corrected chi connectivity index (χ0v) is 62.8. The second-order valence-electron chi connectivity index (χ2n) is 26.6. The molecular weight excluding hydrogens is 1580 g/mol. The number of carbonyl (C=O) groups excluding carboxylic acids is 1. The molecule has 590 valence electrons. The van der Waals surface area contributed by atoms with Gasteiger partial charge in [-0.1, -0.05) is 93.2 Å². The number of nitrogens with zero attached hydrogens (tertiary/aromatic N) is 4. The van der Waals surface area contributed by atoms with Crippen molar-refractivity contribution < 1.29 is 128 Å². The Balaban J connectivity index is 0.000000482. The van der Waals surface area contributed by atoms with Crippen molar-refractivity contribution in [3.8, 4) is 0 Å². The molecule has 0 aliphatic carbocycles. The Kier molecular flexibility index (Phi) is 25.6. The van der Waals surface area contributed by atoms with Crippen molar-refractivity contribution in [1.82, 2.24) is 42.5 Å². The summed E-state index contributed by atoms with van der Waals surface area (Å²) in [7, 11) is -45.2. The second-order valence-corrected chi connectivity index (χ2v) is 43.0. The normalized spacial score (nSPS) is 26.9. The maximum atomic E-state index is 11.5. The number of benzene rings is 2. The van der Waals surface area contributed by atoms with Crippen LogP contribution >= 0.6 is 78.3 Å². The van der Waals surface area contributed by atoms with E-state index < -0.39 is 39.6 Å². The Hall–Kier alpha value is -3.19. The minimum absolute atomic E-state index is 0.0315. The summed E-state index contributed by atoms with van der Waals surface area (Å²) < 4.78 is 254. The summed E-state index contributed by atoms with van der Waals surface area (Å²) in [5, 5.41) is 34.0. The van der Waals surface area contributed by atoms with E-state index in [0.717, 1.165) is 105 Å². The van der Waals surface area contributed by atoms with Gasteiger partial charge in [0.05, 0.1) is 107 Å². The summed E-state index contributed by atoms with van der Waals surface area (Å²) in [6.45, 7) is 18.4. The van der Waals surface area contributed by atoms with Gasteiger partial charge in [-0.25, -0.2) is 0 Å². The first-order valence-corrected chi connectivity index (χ1v) is 46.3. The van der Waals surface area contributed by atoms with Gasteiger partial charge in [-0.15, -0.1) is 0 Å². The number of thioether (sulfide) groups is 4. The van der Waals surface area contributed by atoms with Gasteiger partial charge in [0.2, 0.25) is 0 Å². The van der Waals surface area contributed by atoms with Crippen LogP contribution in [0.3, 0.4) is 0 Å². The topological polar surface area (TPSA) is 135 Å². The molecule has 0 radical (unpaired) electrons. The molecule has 0 fully saturated rings. The molecule has 8 aliphatic rings. The monoisotopic (exact) mass is 1670 g/mol. The van der Waals surface area contributed by atoms with Gasteiger partial charge in [0.15, 0.2) is 5.12 Å². The van der Waals surface area contributed by atoms with E-state index in [1.54, 1.807) is 6.92 Å². The minimum atomic E-state index is -10.7. The van der Waals surface area contributed by atoms with E-state index in [1.807, 2.05) is 0 Å². The SMILES string of the molecule is CC(=O)SC[C@H]1CC[N+]2=C(N[C@@H](CSC[C@H]3CC[N+]4=C(N[C@@H](CSC[C@H]5CC[N+]6=C(N[C@@H](CSC[C@H]7CC[N+]8=C(N[C@@H](CO[Si](c9ccccc9)(c9ccccc9)C(C)(C)C)CC8)N7)CC6)N5)CC4)N3)CC2)N1.F[P-](F)(F)(F)(F)F.F[P-](F)(F)(F)(F)F.F[P-](F)(F)(F)(F)F.F[P-](F)(F)(F)(F)F. The average Bonchev–Trinajstić information content (AvgIpc) is 0.745. The summed E-state index contributed by atoms with van der Waals surface area (Å²) in [4.78, 5) is 11.5. The van der Waals surface area contributed by atoms with Gasteiger partial charge in [0, 0.05) is 98.6 Å². The van der Waals surface area contributed by atoms with E-state index in [2.05, 4.69) is 178 Å². The quantitative estimate of drug-likeness (QED) is 0.0294. The molecule has 2 aromatic rings. The van der Waals surface area contributed by atoms with Crippen LogP contribution in [0.25, 0.3) is 0 Å². The first-order chi connectivity index (χ1) is 45.3. The van der Waals surface area contributed by atoms with Crippen LogP contribution in [0, 0.1) is 0 Å². The van der Waals surface area contributed by atoms with Crippen molar-refractivity contribution in [3.63, 3.8) is 0 Å². The third-order valence-corrected chi connectivity index (χ3v) is 26.1. The van der Waals surface area contributed by atoms with E-state index in [-0.39, 0.29) is 16.2 Å². The maximum absolute atomic E-state index is 11.5. The molecule has 8 N–H and O–H groups in total. The molecular formula is C54H86F24N12O2P4S4Si. The van der Waals surface area contributed by atoms with E-state index >= 15 is 0 Å². The molecule has 0 amide bonds. The summed E-state index contributed by atoms with van der Waals surface area (Å²) in [6, 6.07) is 25.7. The Bertz CT molecular complexity index is 3130. The third kappa shape index (κ3) is 38.3. The molecule has 2 aromatic carbocycles. The zero-order chi connectivity index (χ0) is 75.8. The summed E-state index contributed by atoms with van der Waals surface area (Å²) in [5.74, 6) is 12.6. The van der Waals surface area contributed by atoms with Crippen LogP contribution in [-0.2, 0) is 9.22 Å². The fourth-order valence-electron chi connectivity index (χ4n) is 12.1. The van der Waals surface area contributed by atoms with Gasteiger partial charge in [0.1, 0.15) is 0 Å². The third-order valence-electron chi connectivity index (χ3n) is 16.3. The van der Waals surface area contributed by atoms with Crippen LogP contribution in [0.2, 0.25) is 5.04 Å². The molecule has 0 saturated carbocycles. The van der Waals surface area contributed by atoms with Crippen LogP contribution in [0.1, 0.15) is 79.1 Å². The summed E-state index contributed by atoms with van der Waals surface area (Å²) >= 11 is 7.75. The van der Waals surface area contributed by atoms with Crippen molar-refractivity contribution in [3.05, 3.63) is 60.7 Å². The zero-order valence-electron chi connectivity index (χ0n) is 55.0. The van der Waals surface area contributed by atoms with Crippen LogP contribution < -0.4 is 52.9 Å². The standard InChI is InChI=1S/C54H82N12O2S4Si.4F6P/c1-39(67)72-38-47-22-30-66-29-21-46(61-53(66)62-47)37-71-36-45-20-28-65-27-19-44(59-52(65)60-45)35-70-34-43-18-26-64-25-17-42(57-51(64)58-43)33-69-32-41-16-24-63-23-15-40(55-50(63)56-41)31-68-73(54(2,3)4,48-11-7-5-8-12-48)49-13-9-6-10-14-49;4*1-7(2,3,4,5)6/h5-14,40-47H,15-38H2,1-4H3,(H4,55,56,57,58,59,60,61,62);;;;/q;4*-1/p+4/t40-,41-,42-,43-,44-,45-,46-,47-;;;;/m1..../s1. The van der Waals surface area contributed by atoms with E-state index in [9.17, 15) is 106 Å². The molecule has 0 aromatic heterocycles. The molecule has 0 saturated heterocycles. The molecule has 10 rings (SSSR count). The van der Waals surface area contributed by atoms with Gasteiger partial charge in [-0.3, -0.25) is 65.6 Å². The van der Waals surface area contributed by atoms with Crippen LogP contribution in [0.15, 0.2) is 60.7 Å². The van der Waals surface area contributed by atoms with E-state index in [4.69, 9.17) is 4.43 Å². The predicted molar refractivity (Wildman–Crippen MR) is 365 cm³/mol. The van der Waals surface area contributed by atoms with Crippen molar-refractivity contribution in [2.45, 2.75) is 132 Å². The molecule has 0 unspecified atom stereocenters. The van der Waals surface area contributed by atoms with Crippen LogP contribution in [0.5, 0.6) is 0 Å². The first kappa shape index (κ1) is 86.7. The number of carbonyl (C=O) groups is 1. The molecule has 8 atom stereocenters. The van der Waals surface area contributed by atoms with Crippen LogP contribution in [-0.4, -0.2) is 203 Å². The van der Waals surface area contributed by atoms with Gasteiger partial charge in [-0.2, -0.15) is 35.3 Å². The molecule has 0 spiro atoms. The first-order valence-electron chi connectivity index (χ1n) is 31.8. The number of guanidine groups is 4. The second kappa shape index (κ2) is 29.8. The summed E-state index contributed by atoms with van der Waals surface area (Å²) in [5.41, 5.74) is 0. The van der Waals surface area contributed by atoms with Gasteiger partial charge in [-0.05, 0) is 15.4 Å². The van der Waals surface area contributed by atoms with Gasteiger partial charge in [0.25, 0.3) is 8.32 Å². The van der Waals surface area contributed by atoms with Crippen molar-refractivity contribution in [1.29, 1.82) is 0 Å². The molecule has 14 nitrogen and oxygen atoms in total. The van der Waals surface area contributed by atoms with Crippen molar-refractivity contribution in [2.24, 2.45) is 0 Å². The molecule has 47 heteroatoms. The number of rotatable bonds is 19. The fraction of sp³-hybridized carbons (Fsp3) is 0.685. The predicted octanol–water partition coefficient (Wildman–Crippen LogP) is 15.9. The van der Waals surface area contributed by atoms with Gasteiger partial charge >= 0.3 is 156 Å². The number of halogens is 24. The van der Waals surface area contributed by atoms with Crippen molar-refractivity contribution >= 4 is 126 Å². The Morgan fingerprint density at radius 2 is 0.574 bits per heavy atom.